The van der Waals surface area contributed by atoms with Crippen molar-refractivity contribution in [1.29, 1.82) is 0 Å². The van der Waals surface area contributed by atoms with E-state index < -0.39 is 18.4 Å². The van der Waals surface area contributed by atoms with Crippen LogP contribution >= 0.6 is 11.3 Å². The topological polar surface area (TPSA) is 92.0 Å². The average molecular weight is 405 g/mol. The van der Waals surface area contributed by atoms with Gasteiger partial charge < -0.3 is 5.11 Å². The van der Waals surface area contributed by atoms with Gasteiger partial charge in [0, 0.05) is 5.56 Å². The van der Waals surface area contributed by atoms with E-state index in [1.54, 1.807) is 24.3 Å². The lowest BCUT2D eigenvalue weighted by Gasteiger charge is -2.13. The molecule has 8 heteroatoms. The van der Waals surface area contributed by atoms with E-state index >= 15 is 0 Å². The molecule has 0 radical (unpaired) electrons. The summed E-state index contributed by atoms with van der Waals surface area (Å²) in [6, 6.07) is 10.8. The average Bonchev–Trinajstić information content (AvgIpc) is 3.26. The first-order chi connectivity index (χ1) is 13.9. The van der Waals surface area contributed by atoms with Crippen molar-refractivity contribution >= 4 is 50.5 Å². The van der Waals surface area contributed by atoms with E-state index in [1.807, 2.05) is 26.0 Å². The van der Waals surface area contributed by atoms with E-state index in [0.29, 0.717) is 21.7 Å². The van der Waals surface area contributed by atoms with Crippen LogP contribution in [0.3, 0.4) is 0 Å². The maximum atomic E-state index is 13.3. The van der Waals surface area contributed by atoms with Crippen LogP contribution in [0.4, 0.5) is 5.69 Å². The zero-order valence-electron chi connectivity index (χ0n) is 15.6. The molecule has 0 saturated heterocycles. The molecule has 1 aliphatic heterocycles. The Morgan fingerprint density at radius 3 is 2.62 bits per heavy atom. The molecular formula is C21H15N3O4S. The number of thiazole rings is 1. The quantitative estimate of drug-likeness (QED) is 0.550. The predicted molar refractivity (Wildman–Crippen MR) is 110 cm³/mol. The SMILES string of the molecule is Cc1cc2nc3s/c(=C4/C(=O)N(CC(=O)O)c5ccccc54)c(=O)n3c2cc1C. The molecule has 0 unspecified atom stereocenters. The zero-order valence-corrected chi connectivity index (χ0v) is 16.4. The maximum absolute atomic E-state index is 13.3. The van der Waals surface area contributed by atoms with Gasteiger partial charge in [-0.25, -0.2) is 9.38 Å². The number of aliphatic carboxylic acids is 1. The summed E-state index contributed by atoms with van der Waals surface area (Å²) in [5, 5.41) is 9.20. The molecule has 3 heterocycles. The minimum Gasteiger partial charge on any atom is -0.480 e. The number of aromatic nitrogens is 2. The predicted octanol–water partition coefficient (Wildman–Crippen LogP) is 1.88. The number of nitrogens with zero attached hydrogens (tertiary/aromatic N) is 3. The van der Waals surface area contributed by atoms with Gasteiger partial charge in [-0.15, -0.1) is 0 Å². The molecule has 0 saturated carbocycles. The van der Waals surface area contributed by atoms with Gasteiger partial charge in [0.25, 0.3) is 11.5 Å². The molecule has 4 aromatic rings. The molecule has 1 amide bonds. The van der Waals surface area contributed by atoms with Crippen LogP contribution in [0.5, 0.6) is 0 Å². The Labute approximate surface area is 168 Å². The van der Waals surface area contributed by atoms with Crippen molar-refractivity contribution in [2.24, 2.45) is 0 Å². The fraction of sp³-hybridized carbons (Fsp3) is 0.143. The Morgan fingerprint density at radius 2 is 1.86 bits per heavy atom. The number of hydrogen-bond acceptors (Lipinski definition) is 5. The number of imidazole rings is 1. The highest BCUT2D eigenvalue weighted by molar-refractivity contribution is 7.15. The first-order valence-corrected chi connectivity index (χ1v) is 9.78. The number of amides is 1. The maximum Gasteiger partial charge on any atom is 0.323 e. The number of benzene rings is 2. The van der Waals surface area contributed by atoms with Gasteiger partial charge in [-0.1, -0.05) is 29.5 Å². The summed E-state index contributed by atoms with van der Waals surface area (Å²) in [7, 11) is 0. The first kappa shape index (κ1) is 17.6. The molecule has 7 nitrogen and oxygen atoms in total. The van der Waals surface area contributed by atoms with Crippen LogP contribution in [0.25, 0.3) is 21.6 Å². The number of rotatable bonds is 2. The summed E-state index contributed by atoms with van der Waals surface area (Å²) in [6.45, 7) is 3.51. The second kappa shape index (κ2) is 5.99. The van der Waals surface area contributed by atoms with Crippen molar-refractivity contribution in [3.8, 4) is 0 Å². The van der Waals surface area contributed by atoms with E-state index in [-0.39, 0.29) is 15.7 Å². The lowest BCUT2D eigenvalue weighted by atomic mass is 10.1. The Morgan fingerprint density at radius 1 is 1.14 bits per heavy atom. The third-order valence-electron chi connectivity index (χ3n) is 5.27. The smallest absolute Gasteiger partial charge is 0.323 e. The molecule has 29 heavy (non-hydrogen) atoms. The highest BCUT2D eigenvalue weighted by Crippen LogP contribution is 2.35. The van der Waals surface area contributed by atoms with Gasteiger partial charge in [0.15, 0.2) is 4.96 Å². The molecular weight excluding hydrogens is 390 g/mol. The number of carboxylic acid groups (broad SMARTS) is 1. The van der Waals surface area contributed by atoms with E-state index in [9.17, 15) is 19.5 Å². The molecule has 1 N–H and O–H groups in total. The number of carbonyl (C=O) groups excluding carboxylic acids is 1. The molecule has 0 atom stereocenters. The second-order valence-corrected chi connectivity index (χ2v) is 8.05. The zero-order chi connectivity index (χ0) is 20.4. The molecule has 5 rings (SSSR count). The van der Waals surface area contributed by atoms with Crippen molar-refractivity contribution in [2.45, 2.75) is 13.8 Å². The van der Waals surface area contributed by atoms with Gasteiger partial charge in [-0.05, 0) is 43.2 Å². The number of carboxylic acids is 1. The summed E-state index contributed by atoms with van der Waals surface area (Å²) >= 11 is 1.15. The van der Waals surface area contributed by atoms with E-state index in [1.165, 1.54) is 9.30 Å². The number of aryl methyl sites for hydroxylation is 2. The molecule has 0 aliphatic carbocycles. The molecule has 2 aromatic heterocycles. The molecule has 1 aliphatic rings. The van der Waals surface area contributed by atoms with Crippen LogP contribution in [-0.2, 0) is 9.59 Å². The van der Waals surface area contributed by atoms with E-state index in [2.05, 4.69) is 4.98 Å². The van der Waals surface area contributed by atoms with Crippen LogP contribution in [0, 0.1) is 13.8 Å². The number of anilines is 1. The first-order valence-electron chi connectivity index (χ1n) is 8.96. The van der Waals surface area contributed by atoms with Crippen molar-refractivity contribution in [1.82, 2.24) is 9.38 Å². The number of para-hydroxylation sites is 1. The summed E-state index contributed by atoms with van der Waals surface area (Å²) in [6.07, 6.45) is 0. The van der Waals surface area contributed by atoms with Gasteiger partial charge in [-0.2, -0.15) is 0 Å². The van der Waals surface area contributed by atoms with Crippen LogP contribution < -0.4 is 15.0 Å². The van der Waals surface area contributed by atoms with Crippen molar-refractivity contribution in [3.05, 3.63) is 68.0 Å². The van der Waals surface area contributed by atoms with Gasteiger partial charge in [-0.3, -0.25) is 19.3 Å². The number of hydrogen-bond donors (Lipinski definition) is 1. The van der Waals surface area contributed by atoms with E-state index in [4.69, 9.17) is 0 Å². The minimum absolute atomic E-state index is 0.235. The van der Waals surface area contributed by atoms with Crippen molar-refractivity contribution < 1.29 is 14.7 Å². The Balaban J connectivity index is 1.86. The minimum atomic E-state index is -1.12. The lowest BCUT2D eigenvalue weighted by Crippen LogP contribution is -2.35. The summed E-state index contributed by atoms with van der Waals surface area (Å²) in [5.41, 5.74) is 4.57. The molecule has 2 aromatic carbocycles. The highest BCUT2D eigenvalue weighted by Gasteiger charge is 2.35. The van der Waals surface area contributed by atoms with Gasteiger partial charge in [0.05, 0.1) is 22.3 Å². The van der Waals surface area contributed by atoms with Crippen LogP contribution in [0.15, 0.2) is 41.2 Å². The van der Waals surface area contributed by atoms with Crippen LogP contribution in [-0.4, -0.2) is 32.9 Å². The van der Waals surface area contributed by atoms with Gasteiger partial charge in [0.1, 0.15) is 11.1 Å². The van der Waals surface area contributed by atoms with Gasteiger partial charge >= 0.3 is 5.97 Å². The van der Waals surface area contributed by atoms with Crippen LogP contribution in [0.2, 0.25) is 0 Å². The van der Waals surface area contributed by atoms with Crippen LogP contribution in [0.1, 0.15) is 16.7 Å². The molecule has 0 spiro atoms. The van der Waals surface area contributed by atoms with E-state index in [0.717, 1.165) is 28.0 Å². The molecule has 0 bridgehead atoms. The fourth-order valence-electron chi connectivity index (χ4n) is 3.76. The lowest BCUT2D eigenvalue weighted by molar-refractivity contribution is -0.136. The fourth-order valence-corrected chi connectivity index (χ4v) is 4.84. The standard InChI is InChI=1S/C21H15N3O4S/c1-10-7-13-15(8-11(10)2)24-20(28)18(29-21(24)22-13)17-12-5-3-4-6-14(12)23(19(17)27)9-16(25)26/h3-8H,9H2,1-2H3,(H,25,26)/b18-17+. The Kier molecular flexibility index (Phi) is 3.63. The summed E-state index contributed by atoms with van der Waals surface area (Å²) in [5.74, 6) is -1.60. The second-order valence-electron chi connectivity index (χ2n) is 7.07. The normalized spacial score (nSPS) is 15.5. The number of fused-ring (bicyclic) bond motifs is 4. The third-order valence-corrected chi connectivity index (χ3v) is 6.31. The number of carbonyl (C=O) groups is 2. The monoisotopic (exact) mass is 405 g/mol. The van der Waals surface area contributed by atoms with Crippen molar-refractivity contribution in [2.75, 3.05) is 11.4 Å². The third kappa shape index (κ3) is 2.42. The Hall–Kier alpha value is -3.52. The van der Waals surface area contributed by atoms with Gasteiger partial charge in [0.2, 0.25) is 0 Å². The summed E-state index contributed by atoms with van der Waals surface area (Å²) < 4.78 is 1.81. The largest absolute Gasteiger partial charge is 0.480 e. The van der Waals surface area contributed by atoms with Crippen molar-refractivity contribution in [3.63, 3.8) is 0 Å². The molecule has 144 valence electrons. The highest BCUT2D eigenvalue weighted by atomic mass is 32.1. The summed E-state index contributed by atoms with van der Waals surface area (Å²) in [4.78, 5) is 43.9. The molecule has 0 fully saturated rings. The Bertz CT molecular complexity index is 1480.